The average Bonchev–Trinajstić information content (AvgIpc) is 3.11. The molecule has 2 unspecified atom stereocenters. The average molecular weight is 444 g/mol. The molecule has 0 spiro atoms. The molecule has 0 saturated carbocycles. The predicted molar refractivity (Wildman–Crippen MR) is 119 cm³/mol. The van der Waals surface area contributed by atoms with E-state index in [9.17, 15) is 10.2 Å². The molecule has 3 N–H and O–H groups in total. The minimum atomic E-state index is -1.51. The highest BCUT2D eigenvalue weighted by Crippen LogP contribution is 2.34. The van der Waals surface area contributed by atoms with Crippen LogP contribution in [0.2, 0.25) is 0 Å². The zero-order chi connectivity index (χ0) is 21.0. The Labute approximate surface area is 184 Å². The van der Waals surface area contributed by atoms with Crippen LogP contribution in [0.1, 0.15) is 17.5 Å². The Morgan fingerprint density at radius 3 is 2.77 bits per heavy atom. The van der Waals surface area contributed by atoms with Crippen molar-refractivity contribution in [2.45, 2.75) is 25.0 Å². The number of hydrogen-bond acceptors (Lipinski definition) is 6. The molecular formula is C22H23ClFN5O2. The van der Waals surface area contributed by atoms with Gasteiger partial charge in [-0.25, -0.2) is 4.39 Å². The first-order chi connectivity index (χ1) is 14.3. The van der Waals surface area contributed by atoms with Gasteiger partial charge in [0.25, 0.3) is 0 Å². The van der Waals surface area contributed by atoms with Crippen molar-refractivity contribution >= 4 is 34.2 Å². The second kappa shape index (κ2) is 7.80. The molecule has 3 heterocycles. The van der Waals surface area contributed by atoms with Crippen LogP contribution in [-0.4, -0.2) is 49.4 Å². The maximum absolute atomic E-state index is 15.0. The van der Waals surface area contributed by atoms with E-state index in [0.717, 1.165) is 22.0 Å². The van der Waals surface area contributed by atoms with Crippen LogP contribution in [0, 0.1) is 12.7 Å². The molecule has 2 aromatic heterocycles. The zero-order valence-electron chi connectivity index (χ0n) is 17.1. The fourth-order valence-corrected chi connectivity index (χ4v) is 4.26. The van der Waals surface area contributed by atoms with Crippen molar-refractivity contribution in [3.05, 3.63) is 53.5 Å². The fourth-order valence-electron chi connectivity index (χ4n) is 4.26. The summed E-state index contributed by atoms with van der Waals surface area (Å²) < 4.78 is 16.8. The van der Waals surface area contributed by atoms with E-state index in [1.165, 1.54) is 6.07 Å². The number of nitrogens with one attached hydrogen (secondary N) is 1. The summed E-state index contributed by atoms with van der Waals surface area (Å²) in [6.07, 6.45) is 1.19. The van der Waals surface area contributed by atoms with E-state index < -0.39 is 17.5 Å². The molecule has 7 nitrogen and oxygen atoms in total. The molecule has 1 saturated heterocycles. The third-order valence-corrected chi connectivity index (χ3v) is 5.94. The summed E-state index contributed by atoms with van der Waals surface area (Å²) in [5.41, 5.74) is 2.45. The lowest BCUT2D eigenvalue weighted by Crippen LogP contribution is -2.51. The molecule has 5 rings (SSSR count). The number of halogens is 2. The van der Waals surface area contributed by atoms with Crippen molar-refractivity contribution in [2.24, 2.45) is 7.05 Å². The smallest absolute Gasteiger partial charge is 0.133 e. The molecule has 1 fully saturated rings. The number of benzene rings is 2. The van der Waals surface area contributed by atoms with Crippen LogP contribution in [0.4, 0.5) is 4.39 Å². The summed E-state index contributed by atoms with van der Waals surface area (Å²) in [7, 11) is 1.87. The summed E-state index contributed by atoms with van der Waals surface area (Å²) in [5, 5.41) is 38.5. The number of β-amino-alcohol motifs (C(OH)–C–C–N with tert-alkyl or cyclic N) is 1. The van der Waals surface area contributed by atoms with Crippen LogP contribution in [0.15, 0.2) is 36.5 Å². The number of piperidine rings is 1. The standard InChI is InChI=1S/C22H22FN5O2.ClH/c1-12-5-13(6-14-11-28(2)27-21(12)14)18-9-16-17(23)7-15(8-19(16)26-25-18)22(30)3-4-24-10-20(22)29;/h5-9,11,20,24,29-30H,3-4,10H2,1-2H3;1H. The van der Waals surface area contributed by atoms with Crippen molar-refractivity contribution in [3.8, 4) is 11.3 Å². The molecule has 1 aliphatic heterocycles. The molecule has 9 heteroatoms. The Bertz CT molecular complexity index is 1290. The highest BCUT2D eigenvalue weighted by atomic mass is 35.5. The number of rotatable bonds is 2. The lowest BCUT2D eigenvalue weighted by Gasteiger charge is -2.37. The van der Waals surface area contributed by atoms with Gasteiger partial charge in [0.05, 0.1) is 22.8 Å². The number of aromatic nitrogens is 4. The number of aliphatic hydroxyl groups excluding tert-OH is 1. The number of fused-ring (bicyclic) bond motifs is 2. The lowest BCUT2D eigenvalue weighted by molar-refractivity contribution is -0.0977. The van der Waals surface area contributed by atoms with E-state index in [1.54, 1.807) is 16.8 Å². The van der Waals surface area contributed by atoms with Gasteiger partial charge < -0.3 is 15.5 Å². The number of nitrogens with zero attached hydrogens (tertiary/aromatic N) is 4. The van der Waals surface area contributed by atoms with Gasteiger partial charge in [-0.3, -0.25) is 4.68 Å². The van der Waals surface area contributed by atoms with Crippen molar-refractivity contribution in [1.29, 1.82) is 0 Å². The van der Waals surface area contributed by atoms with Crippen molar-refractivity contribution < 1.29 is 14.6 Å². The van der Waals surface area contributed by atoms with Gasteiger partial charge in [-0.15, -0.1) is 22.6 Å². The van der Waals surface area contributed by atoms with Gasteiger partial charge in [-0.05, 0) is 61.3 Å². The summed E-state index contributed by atoms with van der Waals surface area (Å²) in [4.78, 5) is 0. The maximum Gasteiger partial charge on any atom is 0.133 e. The van der Waals surface area contributed by atoms with E-state index in [0.29, 0.717) is 28.7 Å². The van der Waals surface area contributed by atoms with Gasteiger partial charge in [0.2, 0.25) is 0 Å². The molecule has 31 heavy (non-hydrogen) atoms. The first-order valence-electron chi connectivity index (χ1n) is 9.88. The summed E-state index contributed by atoms with van der Waals surface area (Å²) >= 11 is 0. The first kappa shape index (κ1) is 21.6. The maximum atomic E-state index is 15.0. The van der Waals surface area contributed by atoms with Gasteiger partial charge in [0.1, 0.15) is 11.4 Å². The van der Waals surface area contributed by atoms with Crippen LogP contribution in [-0.2, 0) is 12.6 Å². The topological polar surface area (TPSA) is 96.1 Å². The van der Waals surface area contributed by atoms with Crippen LogP contribution in [0.5, 0.6) is 0 Å². The molecule has 2 atom stereocenters. The highest BCUT2D eigenvalue weighted by molar-refractivity contribution is 5.89. The summed E-state index contributed by atoms with van der Waals surface area (Å²) in [6, 6.07) is 8.50. The second-order valence-corrected chi connectivity index (χ2v) is 8.05. The van der Waals surface area contributed by atoms with Gasteiger partial charge in [-0.1, -0.05) is 0 Å². The molecule has 1 aliphatic rings. The van der Waals surface area contributed by atoms with Crippen LogP contribution in [0.3, 0.4) is 0 Å². The quantitative estimate of drug-likeness (QED) is 0.440. The molecular weight excluding hydrogens is 421 g/mol. The molecule has 4 aromatic rings. The number of aliphatic hydroxyl groups is 2. The summed E-state index contributed by atoms with van der Waals surface area (Å²) in [5.74, 6) is -0.503. The Morgan fingerprint density at radius 2 is 2.00 bits per heavy atom. The van der Waals surface area contributed by atoms with Crippen molar-refractivity contribution in [1.82, 2.24) is 25.3 Å². The van der Waals surface area contributed by atoms with Crippen LogP contribution < -0.4 is 5.32 Å². The van der Waals surface area contributed by atoms with Crippen molar-refractivity contribution in [2.75, 3.05) is 13.1 Å². The Morgan fingerprint density at radius 1 is 1.19 bits per heavy atom. The third-order valence-electron chi connectivity index (χ3n) is 5.94. The van der Waals surface area contributed by atoms with E-state index in [-0.39, 0.29) is 25.4 Å². The van der Waals surface area contributed by atoms with Crippen LogP contribution in [0.25, 0.3) is 33.1 Å². The number of hydrogen-bond donors (Lipinski definition) is 3. The Balaban J connectivity index is 0.00000231. The monoisotopic (exact) mass is 443 g/mol. The molecule has 0 radical (unpaired) electrons. The molecule has 0 bridgehead atoms. The van der Waals surface area contributed by atoms with Crippen LogP contribution >= 0.6 is 12.4 Å². The highest BCUT2D eigenvalue weighted by Gasteiger charge is 2.40. The van der Waals surface area contributed by atoms with E-state index in [4.69, 9.17) is 0 Å². The number of aryl methyl sites for hydroxylation is 2. The Kier molecular flexibility index (Phi) is 5.43. The second-order valence-electron chi connectivity index (χ2n) is 8.05. The van der Waals surface area contributed by atoms with Gasteiger partial charge in [0.15, 0.2) is 0 Å². The molecule has 162 valence electrons. The third kappa shape index (κ3) is 3.55. The summed E-state index contributed by atoms with van der Waals surface area (Å²) in [6.45, 7) is 2.76. The Hall–Kier alpha value is -2.65. The van der Waals surface area contributed by atoms with E-state index in [2.05, 4.69) is 20.6 Å². The lowest BCUT2D eigenvalue weighted by atomic mass is 9.82. The zero-order valence-corrected chi connectivity index (χ0v) is 17.9. The molecule has 0 amide bonds. The van der Waals surface area contributed by atoms with E-state index in [1.807, 2.05) is 32.3 Å². The van der Waals surface area contributed by atoms with Gasteiger partial charge >= 0.3 is 0 Å². The van der Waals surface area contributed by atoms with Crippen molar-refractivity contribution in [3.63, 3.8) is 0 Å². The first-order valence-corrected chi connectivity index (χ1v) is 9.88. The SMILES string of the molecule is Cc1cc(-c2cc3c(F)cc(C4(O)CCNCC4O)cc3nn2)cc2cn(C)nc12.Cl. The molecule has 0 aliphatic carbocycles. The predicted octanol–water partition coefficient (Wildman–Crippen LogP) is 2.59. The minimum absolute atomic E-state index is 0. The minimum Gasteiger partial charge on any atom is -0.388 e. The molecule has 2 aromatic carbocycles. The van der Waals surface area contributed by atoms with Gasteiger partial charge in [0, 0.05) is 36.1 Å². The van der Waals surface area contributed by atoms with E-state index >= 15 is 4.39 Å². The van der Waals surface area contributed by atoms with Gasteiger partial charge in [-0.2, -0.15) is 5.10 Å². The normalized spacial score (nSPS) is 21.4. The largest absolute Gasteiger partial charge is 0.388 e. The fraction of sp³-hybridized carbons (Fsp3) is 0.318.